The van der Waals surface area contributed by atoms with Crippen molar-refractivity contribution in [1.82, 2.24) is 10.2 Å². The molecular formula is C29H36FIN2O7. The number of nitrogens with zero attached hydrogens (tertiary/aromatic N) is 1. The lowest BCUT2D eigenvalue weighted by Crippen LogP contribution is -2.55. The van der Waals surface area contributed by atoms with Crippen molar-refractivity contribution in [2.45, 2.75) is 58.1 Å². The molecule has 2 aromatic carbocycles. The van der Waals surface area contributed by atoms with Crippen LogP contribution in [0.25, 0.3) is 0 Å². The summed E-state index contributed by atoms with van der Waals surface area (Å²) in [5.74, 6) is -0.390. The van der Waals surface area contributed by atoms with E-state index in [1.165, 1.54) is 30.2 Å². The first-order valence-corrected chi connectivity index (χ1v) is 14.1. The van der Waals surface area contributed by atoms with Crippen LogP contribution in [0.5, 0.6) is 11.5 Å². The Labute approximate surface area is 247 Å². The average Bonchev–Trinajstić information content (AvgIpc) is 2.92. The van der Waals surface area contributed by atoms with Crippen LogP contribution in [0.2, 0.25) is 0 Å². The van der Waals surface area contributed by atoms with Crippen molar-refractivity contribution in [2.24, 2.45) is 5.92 Å². The monoisotopic (exact) mass is 670 g/mol. The van der Waals surface area contributed by atoms with Crippen molar-refractivity contribution in [2.75, 3.05) is 20.3 Å². The van der Waals surface area contributed by atoms with Gasteiger partial charge in [-0.05, 0) is 70.0 Å². The Bertz CT molecular complexity index is 1210. The van der Waals surface area contributed by atoms with Gasteiger partial charge in [-0.25, -0.2) is 4.39 Å². The number of carbonyl (C=O) groups excluding carboxylic acids is 2. The van der Waals surface area contributed by atoms with E-state index in [-0.39, 0.29) is 56.5 Å². The molecule has 1 aliphatic carbocycles. The molecule has 4 N–H and O–H groups in total. The minimum atomic E-state index is -1.23. The number of methoxy groups -OCH3 is 1. The van der Waals surface area contributed by atoms with Gasteiger partial charge < -0.3 is 35.0 Å². The number of hydrogen-bond donors (Lipinski definition) is 4. The Morgan fingerprint density at radius 3 is 2.48 bits per heavy atom. The van der Waals surface area contributed by atoms with Crippen LogP contribution in [0.3, 0.4) is 0 Å². The number of ether oxygens (including phenoxy) is 2. The van der Waals surface area contributed by atoms with Crippen molar-refractivity contribution in [3.63, 3.8) is 0 Å². The largest absolute Gasteiger partial charge is 0.493 e. The molecule has 11 heteroatoms. The van der Waals surface area contributed by atoms with Gasteiger partial charge >= 0.3 is 0 Å². The second-order valence-electron chi connectivity index (χ2n) is 10.0. The maximum absolute atomic E-state index is 13.6. The molecule has 0 aromatic heterocycles. The molecule has 0 saturated carbocycles. The average molecular weight is 671 g/mol. The van der Waals surface area contributed by atoms with Gasteiger partial charge in [0.25, 0.3) is 0 Å². The van der Waals surface area contributed by atoms with Crippen molar-refractivity contribution < 1.29 is 38.8 Å². The minimum Gasteiger partial charge on any atom is -0.493 e. The van der Waals surface area contributed by atoms with Gasteiger partial charge in [0.05, 0.1) is 29.9 Å². The molecule has 0 aliphatic heterocycles. The molecule has 3 rings (SSSR count). The lowest BCUT2D eigenvalue weighted by molar-refractivity contribution is -0.140. The molecule has 3 atom stereocenters. The molecule has 0 bridgehead atoms. The van der Waals surface area contributed by atoms with Crippen LogP contribution >= 0.6 is 22.6 Å². The highest BCUT2D eigenvalue weighted by atomic mass is 127. The van der Waals surface area contributed by atoms with E-state index in [1.807, 2.05) is 36.4 Å². The van der Waals surface area contributed by atoms with Crippen LogP contribution < -0.4 is 14.8 Å². The molecule has 40 heavy (non-hydrogen) atoms. The summed E-state index contributed by atoms with van der Waals surface area (Å²) in [7, 11) is 1.46. The van der Waals surface area contributed by atoms with E-state index in [4.69, 9.17) is 9.47 Å². The lowest BCUT2D eigenvalue weighted by atomic mass is 9.87. The summed E-state index contributed by atoms with van der Waals surface area (Å²) in [6.07, 6.45) is -0.504. The van der Waals surface area contributed by atoms with Crippen LogP contribution in [-0.2, 0) is 22.7 Å². The maximum atomic E-state index is 13.6. The summed E-state index contributed by atoms with van der Waals surface area (Å²) in [5.41, 5.74) is 1.57. The number of nitrogens with one attached hydrogen (secondary N) is 1. The summed E-state index contributed by atoms with van der Waals surface area (Å²) in [6, 6.07) is 8.26. The number of aliphatic hydroxyl groups is 3. The van der Waals surface area contributed by atoms with Crippen LogP contribution in [0.4, 0.5) is 4.39 Å². The van der Waals surface area contributed by atoms with Gasteiger partial charge in [0.2, 0.25) is 11.8 Å². The lowest BCUT2D eigenvalue weighted by Gasteiger charge is -2.41. The van der Waals surface area contributed by atoms with Crippen LogP contribution in [0, 0.1) is 15.3 Å². The molecular weight excluding hydrogens is 634 g/mol. The van der Waals surface area contributed by atoms with Crippen molar-refractivity contribution in [1.29, 1.82) is 0 Å². The van der Waals surface area contributed by atoms with Crippen molar-refractivity contribution in [3.05, 3.63) is 68.6 Å². The van der Waals surface area contributed by atoms with Gasteiger partial charge in [-0.1, -0.05) is 26.0 Å². The van der Waals surface area contributed by atoms with Crippen LogP contribution in [0.15, 0.2) is 48.0 Å². The molecule has 0 fully saturated rings. The van der Waals surface area contributed by atoms with E-state index in [0.29, 0.717) is 26.2 Å². The van der Waals surface area contributed by atoms with E-state index in [0.717, 1.165) is 0 Å². The second-order valence-corrected chi connectivity index (χ2v) is 11.2. The fourth-order valence-electron chi connectivity index (χ4n) is 4.54. The highest BCUT2D eigenvalue weighted by Gasteiger charge is 2.41. The summed E-state index contributed by atoms with van der Waals surface area (Å²) in [4.78, 5) is 28.1. The molecule has 0 heterocycles. The van der Waals surface area contributed by atoms with Crippen LogP contribution in [0.1, 0.15) is 37.8 Å². The first-order valence-electron chi connectivity index (χ1n) is 13.0. The Kier molecular flexibility index (Phi) is 11.7. The third kappa shape index (κ3) is 8.15. The smallest absolute Gasteiger partial charge is 0.247 e. The molecule has 0 spiro atoms. The Hall–Kier alpha value is -2.74. The maximum Gasteiger partial charge on any atom is 0.247 e. The number of rotatable bonds is 12. The molecule has 2 amide bonds. The molecule has 0 radical (unpaired) electrons. The topological polar surface area (TPSA) is 129 Å². The van der Waals surface area contributed by atoms with Gasteiger partial charge in [0.1, 0.15) is 18.0 Å². The Morgan fingerprint density at radius 1 is 1.18 bits per heavy atom. The van der Waals surface area contributed by atoms with Crippen molar-refractivity contribution in [3.8, 4) is 11.5 Å². The molecule has 9 nitrogen and oxygen atoms in total. The number of benzene rings is 2. The van der Waals surface area contributed by atoms with E-state index < -0.39 is 30.0 Å². The SMILES string of the molecule is COc1cc(CO)cc(I)c1O[C@H]1C=C(C(=O)NCCO)C[C@@H](N(Cc2ccc(F)cc2)C(=O)CC(C)C)[C@@H]1O. The van der Waals surface area contributed by atoms with Gasteiger partial charge in [-0.15, -0.1) is 0 Å². The van der Waals surface area contributed by atoms with E-state index in [2.05, 4.69) is 5.32 Å². The normalized spacial score (nSPS) is 18.7. The quantitative estimate of drug-likeness (QED) is 0.256. The van der Waals surface area contributed by atoms with Gasteiger partial charge in [-0.3, -0.25) is 9.59 Å². The highest BCUT2D eigenvalue weighted by molar-refractivity contribution is 14.1. The second kappa shape index (κ2) is 14.8. The summed E-state index contributed by atoms with van der Waals surface area (Å²) < 4.78 is 25.9. The first-order chi connectivity index (χ1) is 19.1. The molecule has 1 aliphatic rings. The molecule has 2 aromatic rings. The van der Waals surface area contributed by atoms with E-state index >= 15 is 0 Å². The molecule has 0 saturated heterocycles. The number of halogens is 2. The number of hydrogen-bond acceptors (Lipinski definition) is 7. The third-order valence-electron chi connectivity index (χ3n) is 6.51. The van der Waals surface area contributed by atoms with Gasteiger partial charge in [0.15, 0.2) is 11.5 Å². The zero-order valence-corrected chi connectivity index (χ0v) is 24.9. The molecule has 218 valence electrons. The number of carbonyl (C=O) groups is 2. The van der Waals surface area contributed by atoms with E-state index in [9.17, 15) is 29.3 Å². The fraction of sp³-hybridized carbons (Fsp3) is 0.448. The van der Waals surface area contributed by atoms with Gasteiger partial charge in [0, 0.05) is 31.5 Å². The standard InChI is InChI=1S/C29H36FIN2O7/c1-17(2)10-26(36)33(15-18-4-6-21(30)7-5-18)23-13-20(29(38)32-8-9-34)14-24(27(23)37)40-28-22(31)11-19(16-35)12-25(28)39-3/h4-7,11-12,14,17,23-24,27,34-35,37H,8-10,13,15-16H2,1-3H3,(H,32,38)/t23-,24+,27+/m1/s1. The van der Waals surface area contributed by atoms with Crippen molar-refractivity contribution >= 4 is 34.4 Å². The number of amides is 2. The van der Waals surface area contributed by atoms with E-state index in [1.54, 1.807) is 24.3 Å². The summed E-state index contributed by atoms with van der Waals surface area (Å²) >= 11 is 2.04. The third-order valence-corrected chi connectivity index (χ3v) is 7.31. The zero-order chi connectivity index (χ0) is 29.4. The minimum absolute atomic E-state index is 0.0365. The Balaban J connectivity index is 2.04. The molecule has 0 unspecified atom stereocenters. The Morgan fingerprint density at radius 2 is 1.88 bits per heavy atom. The van der Waals surface area contributed by atoms with Gasteiger partial charge in [-0.2, -0.15) is 0 Å². The first kappa shape index (κ1) is 31.8. The summed E-state index contributed by atoms with van der Waals surface area (Å²) in [5, 5.41) is 33.0. The fourth-order valence-corrected chi connectivity index (χ4v) is 5.33. The predicted octanol–water partition coefficient (Wildman–Crippen LogP) is 2.92. The number of aliphatic hydroxyl groups excluding tert-OH is 3. The predicted molar refractivity (Wildman–Crippen MR) is 155 cm³/mol. The highest BCUT2D eigenvalue weighted by Crippen LogP contribution is 2.37. The van der Waals surface area contributed by atoms with Crippen LogP contribution in [-0.4, -0.2) is 70.5 Å². The zero-order valence-electron chi connectivity index (χ0n) is 22.8. The summed E-state index contributed by atoms with van der Waals surface area (Å²) in [6.45, 7) is 3.50.